The molecule has 0 saturated heterocycles. The van der Waals surface area contributed by atoms with Crippen LogP contribution in [-0.2, 0) is 19.6 Å². The zero-order chi connectivity index (χ0) is 11.2. The number of hydrogen-bond acceptors (Lipinski definition) is 2. The monoisotopic (exact) mass is 219 g/mol. The van der Waals surface area contributed by atoms with E-state index in [4.69, 9.17) is 0 Å². The fraction of sp³-hybridized carbons (Fsp3) is 0.500. The van der Waals surface area contributed by atoms with E-state index in [0.29, 0.717) is 0 Å². The minimum Gasteiger partial charge on any atom is -0.350 e. The Bertz CT molecular complexity index is 422. The highest BCUT2D eigenvalue weighted by atomic mass is 19.4. The molecule has 1 aliphatic rings. The first-order valence-electron chi connectivity index (χ1n) is 4.32. The lowest BCUT2D eigenvalue weighted by Gasteiger charge is -2.14. The molecule has 0 spiro atoms. The molecule has 0 aromatic carbocycles. The fourth-order valence-corrected chi connectivity index (χ4v) is 1.70. The summed E-state index contributed by atoms with van der Waals surface area (Å²) in [5.74, 6) is -0.498. The lowest BCUT2D eigenvalue weighted by atomic mass is 10.1. The topological polar surface area (TPSA) is 46.9 Å². The molecular weight excluding hydrogens is 211 g/mol. The highest BCUT2D eigenvalue weighted by Crippen LogP contribution is 2.33. The highest BCUT2D eigenvalue weighted by Gasteiger charge is 2.40. The van der Waals surface area contributed by atoms with E-state index < -0.39 is 17.8 Å². The van der Waals surface area contributed by atoms with Gasteiger partial charge in [0.25, 0.3) is 5.91 Å². The molecule has 1 N–H and O–H groups in total. The van der Waals surface area contributed by atoms with Crippen LogP contribution >= 0.6 is 0 Å². The Morgan fingerprint density at radius 1 is 1.47 bits per heavy atom. The summed E-state index contributed by atoms with van der Waals surface area (Å²) in [7, 11) is 1.33. The molecule has 0 radical (unpaired) electrons. The van der Waals surface area contributed by atoms with Gasteiger partial charge in [0.2, 0.25) is 0 Å². The number of fused-ring (bicyclic) bond motifs is 1. The van der Waals surface area contributed by atoms with Crippen molar-refractivity contribution in [3.05, 3.63) is 17.0 Å². The van der Waals surface area contributed by atoms with Gasteiger partial charge >= 0.3 is 6.18 Å². The number of nitrogens with one attached hydrogen (secondary N) is 1. The Kier molecular flexibility index (Phi) is 1.99. The standard InChI is InChI=1S/C8H8F3N3O/c1-14-5-4(2-3-12-7(5)15)6(13-14)8(9,10)11/h2-3H2,1H3,(H,12,15). The van der Waals surface area contributed by atoms with Gasteiger partial charge in [-0.1, -0.05) is 0 Å². The van der Waals surface area contributed by atoms with Gasteiger partial charge in [-0.3, -0.25) is 9.48 Å². The molecule has 2 heterocycles. The number of aryl methyl sites for hydroxylation is 1. The van der Waals surface area contributed by atoms with Crippen LogP contribution in [0.5, 0.6) is 0 Å². The lowest BCUT2D eigenvalue weighted by Crippen LogP contribution is -2.33. The minimum absolute atomic E-state index is 0.00579. The first-order valence-corrected chi connectivity index (χ1v) is 4.32. The second-order valence-corrected chi connectivity index (χ2v) is 3.30. The molecule has 7 heteroatoms. The van der Waals surface area contributed by atoms with Crippen LogP contribution in [0.15, 0.2) is 0 Å². The van der Waals surface area contributed by atoms with Gasteiger partial charge in [-0.05, 0) is 6.42 Å². The molecule has 0 bridgehead atoms. The molecule has 82 valence electrons. The smallest absolute Gasteiger partial charge is 0.350 e. The number of halogens is 3. The largest absolute Gasteiger partial charge is 0.435 e. The van der Waals surface area contributed by atoms with Crippen molar-refractivity contribution >= 4 is 5.91 Å². The van der Waals surface area contributed by atoms with E-state index in [1.54, 1.807) is 0 Å². The summed E-state index contributed by atoms with van der Waals surface area (Å²) in [6.07, 6.45) is -4.33. The van der Waals surface area contributed by atoms with Crippen molar-refractivity contribution in [2.45, 2.75) is 12.6 Å². The minimum atomic E-state index is -4.50. The molecule has 1 aromatic rings. The van der Waals surface area contributed by atoms with Crippen LogP contribution in [0, 0.1) is 0 Å². The molecule has 4 nitrogen and oxygen atoms in total. The Labute approximate surface area is 83.1 Å². The van der Waals surface area contributed by atoms with Crippen LogP contribution in [-0.4, -0.2) is 22.2 Å². The van der Waals surface area contributed by atoms with Gasteiger partial charge in [-0.15, -0.1) is 0 Å². The normalized spacial score (nSPS) is 16.1. The Morgan fingerprint density at radius 2 is 2.13 bits per heavy atom. The van der Waals surface area contributed by atoms with Gasteiger partial charge in [0.1, 0.15) is 5.69 Å². The predicted molar refractivity (Wildman–Crippen MR) is 44.2 cm³/mol. The quantitative estimate of drug-likeness (QED) is 0.699. The summed E-state index contributed by atoms with van der Waals surface area (Å²) in [4.78, 5) is 11.3. The molecule has 0 saturated carbocycles. The van der Waals surface area contributed by atoms with Crippen LogP contribution < -0.4 is 5.32 Å². The summed E-state index contributed by atoms with van der Waals surface area (Å²) in [5, 5.41) is 5.82. The van der Waals surface area contributed by atoms with Crippen molar-refractivity contribution in [1.82, 2.24) is 15.1 Å². The van der Waals surface area contributed by atoms with Crippen LogP contribution in [0.2, 0.25) is 0 Å². The van der Waals surface area contributed by atoms with E-state index in [1.807, 2.05) is 0 Å². The second-order valence-electron chi connectivity index (χ2n) is 3.30. The summed E-state index contributed by atoms with van der Waals surface area (Å²) in [6.45, 7) is 0.223. The summed E-state index contributed by atoms with van der Waals surface area (Å²) in [5.41, 5.74) is -0.947. The van der Waals surface area contributed by atoms with Gasteiger partial charge in [0, 0.05) is 19.2 Å². The lowest BCUT2D eigenvalue weighted by molar-refractivity contribution is -0.142. The molecule has 0 aliphatic carbocycles. The SMILES string of the molecule is Cn1nc(C(F)(F)F)c2c1C(=O)NCC2. The Balaban J connectivity index is 2.61. The van der Waals surface area contributed by atoms with Crippen LogP contribution in [0.1, 0.15) is 21.7 Å². The van der Waals surface area contributed by atoms with E-state index >= 15 is 0 Å². The molecule has 1 amide bonds. The van der Waals surface area contributed by atoms with Gasteiger partial charge < -0.3 is 5.32 Å². The number of rotatable bonds is 0. The van der Waals surface area contributed by atoms with Crippen molar-refractivity contribution < 1.29 is 18.0 Å². The number of aromatic nitrogens is 2. The molecule has 2 rings (SSSR count). The van der Waals surface area contributed by atoms with Gasteiger partial charge in [-0.2, -0.15) is 18.3 Å². The molecule has 0 fully saturated rings. The third-order valence-electron chi connectivity index (χ3n) is 2.29. The third kappa shape index (κ3) is 1.47. The van der Waals surface area contributed by atoms with Crippen molar-refractivity contribution in [2.24, 2.45) is 7.05 Å². The molecular formula is C8H8F3N3O. The fourth-order valence-electron chi connectivity index (χ4n) is 1.70. The van der Waals surface area contributed by atoms with Crippen molar-refractivity contribution in [3.8, 4) is 0 Å². The van der Waals surface area contributed by atoms with E-state index in [0.717, 1.165) is 4.68 Å². The summed E-state index contributed by atoms with van der Waals surface area (Å²) in [6, 6.07) is 0. The van der Waals surface area contributed by atoms with Crippen LogP contribution in [0.3, 0.4) is 0 Å². The van der Waals surface area contributed by atoms with Gasteiger partial charge in [0.15, 0.2) is 5.69 Å². The first kappa shape index (κ1) is 10.0. The summed E-state index contributed by atoms with van der Waals surface area (Å²) < 4.78 is 38.5. The maximum Gasteiger partial charge on any atom is 0.435 e. The Hall–Kier alpha value is -1.53. The molecule has 0 unspecified atom stereocenters. The van der Waals surface area contributed by atoms with Gasteiger partial charge in [-0.25, -0.2) is 0 Å². The number of carbonyl (C=O) groups is 1. The van der Waals surface area contributed by atoms with E-state index in [-0.39, 0.29) is 24.2 Å². The second kappa shape index (κ2) is 2.98. The number of carbonyl (C=O) groups excluding carboxylic acids is 1. The highest BCUT2D eigenvalue weighted by molar-refractivity contribution is 5.95. The number of alkyl halides is 3. The molecule has 1 aromatic heterocycles. The number of amides is 1. The zero-order valence-electron chi connectivity index (χ0n) is 7.85. The average Bonchev–Trinajstić information content (AvgIpc) is 2.44. The first-order chi connectivity index (χ1) is 6.91. The van der Waals surface area contributed by atoms with Crippen LogP contribution in [0.4, 0.5) is 13.2 Å². The number of nitrogens with zero attached hydrogens (tertiary/aromatic N) is 2. The maximum absolute atomic E-state index is 12.5. The van der Waals surface area contributed by atoms with Crippen LogP contribution in [0.25, 0.3) is 0 Å². The van der Waals surface area contributed by atoms with Crippen molar-refractivity contribution in [3.63, 3.8) is 0 Å². The van der Waals surface area contributed by atoms with E-state index in [9.17, 15) is 18.0 Å². The third-order valence-corrected chi connectivity index (χ3v) is 2.29. The van der Waals surface area contributed by atoms with E-state index in [1.165, 1.54) is 7.05 Å². The van der Waals surface area contributed by atoms with E-state index in [2.05, 4.69) is 10.4 Å². The van der Waals surface area contributed by atoms with Crippen molar-refractivity contribution in [1.29, 1.82) is 0 Å². The van der Waals surface area contributed by atoms with Crippen molar-refractivity contribution in [2.75, 3.05) is 6.54 Å². The Morgan fingerprint density at radius 3 is 2.73 bits per heavy atom. The number of hydrogen-bond donors (Lipinski definition) is 1. The predicted octanol–water partition coefficient (Wildman–Crippen LogP) is 0.725. The average molecular weight is 219 g/mol. The molecule has 0 atom stereocenters. The zero-order valence-corrected chi connectivity index (χ0v) is 7.85. The van der Waals surface area contributed by atoms with Gasteiger partial charge in [0.05, 0.1) is 0 Å². The summed E-state index contributed by atoms with van der Waals surface area (Å²) >= 11 is 0. The molecule has 1 aliphatic heterocycles. The maximum atomic E-state index is 12.5. The molecule has 15 heavy (non-hydrogen) atoms.